The number of nitrogens with two attached hydrogens (primary N) is 1. The van der Waals surface area contributed by atoms with Crippen molar-refractivity contribution in [1.82, 2.24) is 5.32 Å². The van der Waals surface area contributed by atoms with Crippen LogP contribution in [-0.2, 0) is 4.79 Å². The Balaban J connectivity index is 0.00000225. The summed E-state index contributed by atoms with van der Waals surface area (Å²) in [4.78, 5) is 12.0. The van der Waals surface area contributed by atoms with Crippen molar-refractivity contribution in [3.05, 3.63) is 29.8 Å². The van der Waals surface area contributed by atoms with Gasteiger partial charge in [0.25, 0.3) is 5.91 Å². The number of hydrogen-bond acceptors (Lipinski definition) is 5. The van der Waals surface area contributed by atoms with Gasteiger partial charge in [-0.25, -0.2) is 0 Å². The Hall–Kier alpha value is -0.560. The fraction of sp³-hybridized carbons (Fsp3) is 0.611. The average molecular weight is 403 g/mol. The fourth-order valence-corrected chi connectivity index (χ4v) is 5.98. The number of carbonyl (C=O) groups is 1. The fourth-order valence-electron chi connectivity index (χ4n) is 3.08. The van der Waals surface area contributed by atoms with Crippen LogP contribution in [0.2, 0.25) is 0 Å². The molecule has 1 saturated heterocycles. The van der Waals surface area contributed by atoms with E-state index in [1.165, 1.54) is 23.5 Å². The second kappa shape index (κ2) is 10.6. The molecule has 1 aliphatic heterocycles. The number of hydrogen-bond donors (Lipinski definition) is 2. The van der Waals surface area contributed by atoms with Gasteiger partial charge in [-0.05, 0) is 61.3 Å². The van der Waals surface area contributed by atoms with E-state index >= 15 is 0 Å². The number of carbonyl (C=O) groups excluding carboxylic acids is 1. The first kappa shape index (κ1) is 20.7. The number of ether oxygens (including phenoxy) is 1. The Labute approximate surface area is 164 Å². The van der Waals surface area contributed by atoms with Gasteiger partial charge in [0.05, 0.1) is 4.58 Å². The second-order valence-corrected chi connectivity index (χ2v) is 9.19. The summed E-state index contributed by atoms with van der Waals surface area (Å²) in [7, 11) is 0. The van der Waals surface area contributed by atoms with Gasteiger partial charge in [-0.2, -0.15) is 0 Å². The Bertz CT molecular complexity index is 530. The molecule has 7 heteroatoms. The minimum absolute atomic E-state index is 0. The lowest BCUT2D eigenvalue weighted by Gasteiger charge is -2.26. The molecule has 1 aromatic rings. The molecule has 0 bridgehead atoms. The van der Waals surface area contributed by atoms with Crippen LogP contribution in [0, 0.1) is 0 Å². The Morgan fingerprint density at radius 3 is 2.40 bits per heavy atom. The molecule has 2 fully saturated rings. The van der Waals surface area contributed by atoms with Crippen molar-refractivity contribution in [3.63, 3.8) is 0 Å². The normalized spacial score (nSPS) is 24.2. The summed E-state index contributed by atoms with van der Waals surface area (Å²) >= 11 is 4.02. The molecule has 1 heterocycles. The van der Waals surface area contributed by atoms with Crippen molar-refractivity contribution in [2.45, 2.75) is 48.8 Å². The van der Waals surface area contributed by atoms with Crippen molar-refractivity contribution in [3.8, 4) is 5.75 Å². The predicted molar refractivity (Wildman–Crippen MR) is 110 cm³/mol. The van der Waals surface area contributed by atoms with E-state index in [4.69, 9.17) is 10.5 Å². The zero-order chi connectivity index (χ0) is 16.8. The van der Waals surface area contributed by atoms with Gasteiger partial charge in [-0.3, -0.25) is 4.79 Å². The summed E-state index contributed by atoms with van der Waals surface area (Å²) < 4.78 is 6.16. The molecule has 1 aliphatic carbocycles. The molecule has 1 amide bonds. The predicted octanol–water partition coefficient (Wildman–Crippen LogP) is 3.74. The number of halogens is 1. The lowest BCUT2D eigenvalue weighted by atomic mass is 9.92. The molecule has 4 nitrogen and oxygen atoms in total. The van der Waals surface area contributed by atoms with Crippen LogP contribution in [0.3, 0.4) is 0 Å². The van der Waals surface area contributed by atoms with E-state index < -0.39 is 0 Å². The molecular weight excluding hydrogens is 376 g/mol. The summed E-state index contributed by atoms with van der Waals surface area (Å²) in [5.41, 5.74) is 7.22. The maximum Gasteiger partial charge on any atom is 0.258 e. The average Bonchev–Trinajstić information content (AvgIpc) is 2.63. The SMILES string of the molecule is Cl.NC1CCC(NC(=O)COc2ccc(C3SCCCS3)cc2)CC1. The van der Waals surface area contributed by atoms with Crippen LogP contribution in [0.4, 0.5) is 0 Å². The van der Waals surface area contributed by atoms with E-state index in [1.54, 1.807) is 0 Å². The molecule has 0 aromatic heterocycles. The minimum Gasteiger partial charge on any atom is -0.484 e. The Morgan fingerprint density at radius 1 is 1.12 bits per heavy atom. The van der Waals surface area contributed by atoms with Gasteiger partial charge in [0.2, 0.25) is 0 Å². The van der Waals surface area contributed by atoms with Gasteiger partial charge in [0.1, 0.15) is 5.75 Å². The third kappa shape index (κ3) is 6.59. The Kier molecular flexibility index (Phi) is 8.76. The molecule has 0 atom stereocenters. The van der Waals surface area contributed by atoms with Crippen LogP contribution in [0.5, 0.6) is 5.75 Å². The molecule has 0 radical (unpaired) electrons. The van der Waals surface area contributed by atoms with Gasteiger partial charge in [-0.1, -0.05) is 12.1 Å². The summed E-state index contributed by atoms with van der Waals surface area (Å²) in [6.07, 6.45) is 5.22. The second-order valence-electron chi connectivity index (χ2n) is 6.46. The van der Waals surface area contributed by atoms with Gasteiger partial charge >= 0.3 is 0 Å². The highest BCUT2D eigenvalue weighted by Crippen LogP contribution is 2.43. The van der Waals surface area contributed by atoms with Crippen molar-refractivity contribution in [2.24, 2.45) is 5.73 Å². The number of benzene rings is 1. The third-order valence-electron chi connectivity index (χ3n) is 4.49. The number of amides is 1. The molecule has 3 N–H and O–H groups in total. The molecule has 3 rings (SSSR count). The molecule has 2 aliphatic rings. The lowest BCUT2D eigenvalue weighted by molar-refractivity contribution is -0.124. The van der Waals surface area contributed by atoms with E-state index in [1.807, 2.05) is 35.7 Å². The highest BCUT2D eigenvalue weighted by molar-refractivity contribution is 8.16. The third-order valence-corrected chi connectivity index (χ3v) is 7.50. The first-order chi connectivity index (χ1) is 11.7. The van der Waals surface area contributed by atoms with Crippen molar-refractivity contribution >= 4 is 41.8 Å². The first-order valence-corrected chi connectivity index (χ1v) is 10.8. The van der Waals surface area contributed by atoms with Crippen LogP contribution < -0.4 is 15.8 Å². The van der Waals surface area contributed by atoms with Crippen molar-refractivity contribution in [2.75, 3.05) is 18.1 Å². The maximum atomic E-state index is 12.0. The van der Waals surface area contributed by atoms with E-state index in [-0.39, 0.29) is 31.0 Å². The lowest BCUT2D eigenvalue weighted by Crippen LogP contribution is -2.42. The van der Waals surface area contributed by atoms with Gasteiger partial charge in [-0.15, -0.1) is 35.9 Å². The summed E-state index contributed by atoms with van der Waals surface area (Å²) in [5.74, 6) is 3.19. The van der Waals surface area contributed by atoms with E-state index in [0.29, 0.717) is 10.6 Å². The van der Waals surface area contributed by atoms with Crippen LogP contribution >= 0.6 is 35.9 Å². The number of thioether (sulfide) groups is 2. The topological polar surface area (TPSA) is 64.3 Å². The minimum atomic E-state index is -0.0436. The maximum absolute atomic E-state index is 12.0. The monoisotopic (exact) mass is 402 g/mol. The molecule has 1 aromatic carbocycles. The molecule has 140 valence electrons. The summed E-state index contributed by atoms with van der Waals surface area (Å²) in [6.45, 7) is 0.0782. The van der Waals surface area contributed by atoms with Gasteiger partial charge < -0.3 is 15.8 Å². The number of nitrogens with one attached hydrogen (secondary N) is 1. The van der Waals surface area contributed by atoms with Crippen LogP contribution in [0.15, 0.2) is 24.3 Å². The zero-order valence-electron chi connectivity index (χ0n) is 14.3. The molecule has 0 spiro atoms. The highest BCUT2D eigenvalue weighted by atomic mass is 35.5. The Morgan fingerprint density at radius 2 is 1.76 bits per heavy atom. The highest BCUT2D eigenvalue weighted by Gasteiger charge is 2.20. The van der Waals surface area contributed by atoms with Crippen LogP contribution in [0.1, 0.15) is 42.2 Å². The largest absolute Gasteiger partial charge is 0.484 e. The number of rotatable bonds is 5. The standard InChI is InChI=1S/C18H26N2O2S2.ClH/c19-14-4-6-15(7-5-14)20-17(21)12-22-16-8-2-13(3-9-16)18-23-10-1-11-24-18;/h2-3,8-9,14-15,18H,1,4-7,10-12,19H2,(H,20,21);1H. The molecule has 25 heavy (non-hydrogen) atoms. The first-order valence-electron chi connectivity index (χ1n) is 8.71. The van der Waals surface area contributed by atoms with E-state index in [9.17, 15) is 4.79 Å². The molecule has 1 saturated carbocycles. The van der Waals surface area contributed by atoms with Crippen molar-refractivity contribution in [1.29, 1.82) is 0 Å². The van der Waals surface area contributed by atoms with E-state index in [0.717, 1.165) is 31.4 Å². The summed E-state index contributed by atoms with van der Waals surface area (Å²) in [6, 6.07) is 8.73. The zero-order valence-corrected chi connectivity index (χ0v) is 16.8. The smallest absolute Gasteiger partial charge is 0.258 e. The quantitative estimate of drug-likeness (QED) is 0.785. The van der Waals surface area contributed by atoms with Crippen LogP contribution in [0.25, 0.3) is 0 Å². The molecule has 0 unspecified atom stereocenters. The summed E-state index contributed by atoms with van der Waals surface area (Å²) in [5, 5.41) is 3.05. The van der Waals surface area contributed by atoms with Gasteiger partial charge in [0, 0.05) is 12.1 Å². The molecular formula is C18H27ClN2O2S2. The van der Waals surface area contributed by atoms with Crippen LogP contribution in [-0.4, -0.2) is 36.1 Å². The van der Waals surface area contributed by atoms with Gasteiger partial charge in [0.15, 0.2) is 6.61 Å². The van der Waals surface area contributed by atoms with Crippen molar-refractivity contribution < 1.29 is 9.53 Å². The van der Waals surface area contributed by atoms with E-state index in [2.05, 4.69) is 17.4 Å².